The van der Waals surface area contributed by atoms with Gasteiger partial charge in [-0.1, -0.05) is 0 Å². The van der Waals surface area contributed by atoms with Gasteiger partial charge in [0.25, 0.3) is 0 Å². The molecule has 0 aliphatic rings. The zero-order valence-corrected chi connectivity index (χ0v) is 11.8. The summed E-state index contributed by atoms with van der Waals surface area (Å²) < 4.78 is 22.3. The third kappa shape index (κ3) is 3.57. The number of nitrogen functional groups attached to an aromatic ring is 1. The fraction of sp³-hybridized carbons (Fsp3) is 0.308. The summed E-state index contributed by atoms with van der Waals surface area (Å²) in [6, 6.07) is 9.33. The molecule has 5 nitrogen and oxygen atoms in total. The van der Waals surface area contributed by atoms with E-state index in [1.54, 1.807) is 6.07 Å². The summed E-state index contributed by atoms with van der Waals surface area (Å²) in [5.74, 6) is 0.867. The molecule has 0 bridgehead atoms. The van der Waals surface area contributed by atoms with Crippen LogP contribution in [-0.4, -0.2) is 39.0 Å². The molecule has 0 saturated carbocycles. The lowest BCUT2D eigenvalue weighted by Crippen LogP contribution is -2.25. The van der Waals surface area contributed by atoms with Crippen LogP contribution in [0.15, 0.2) is 30.3 Å². The minimum absolute atomic E-state index is 0.116. The van der Waals surface area contributed by atoms with E-state index < -0.39 is 9.84 Å². The van der Waals surface area contributed by atoms with Crippen LogP contribution in [0.4, 0.5) is 11.5 Å². The van der Waals surface area contributed by atoms with Gasteiger partial charge in [-0.05, 0) is 30.3 Å². The number of anilines is 2. The summed E-state index contributed by atoms with van der Waals surface area (Å²) in [7, 11) is -1.13. The van der Waals surface area contributed by atoms with Gasteiger partial charge in [-0.3, -0.25) is 0 Å². The highest BCUT2D eigenvalue weighted by molar-refractivity contribution is 7.90. The van der Waals surface area contributed by atoms with E-state index in [0.717, 1.165) is 16.7 Å². The zero-order valence-electron chi connectivity index (χ0n) is 11.0. The summed E-state index contributed by atoms with van der Waals surface area (Å²) in [4.78, 5) is 6.32. The van der Waals surface area contributed by atoms with Crippen LogP contribution >= 0.6 is 0 Å². The van der Waals surface area contributed by atoms with E-state index in [2.05, 4.69) is 4.98 Å². The van der Waals surface area contributed by atoms with E-state index in [1.165, 1.54) is 6.26 Å². The third-order valence-corrected chi connectivity index (χ3v) is 3.81. The standard InChI is InChI=1S/C13H17N3O2S/c1-16(7-8-19(2,17)18)13-6-3-10-9-11(14)4-5-12(10)15-13/h3-6,9H,7-8,14H2,1-2H3. The average molecular weight is 279 g/mol. The Morgan fingerprint density at radius 1 is 1.26 bits per heavy atom. The highest BCUT2D eigenvalue weighted by Gasteiger charge is 2.08. The molecule has 2 rings (SSSR count). The fourth-order valence-corrected chi connectivity index (χ4v) is 2.37. The smallest absolute Gasteiger partial charge is 0.149 e. The number of rotatable bonds is 4. The monoisotopic (exact) mass is 279 g/mol. The van der Waals surface area contributed by atoms with Gasteiger partial charge >= 0.3 is 0 Å². The molecule has 0 atom stereocenters. The Hall–Kier alpha value is -1.82. The molecule has 1 aromatic heterocycles. The van der Waals surface area contributed by atoms with Gasteiger partial charge in [0, 0.05) is 30.9 Å². The molecule has 0 aliphatic heterocycles. The van der Waals surface area contributed by atoms with Gasteiger partial charge in [-0.2, -0.15) is 0 Å². The second-order valence-corrected chi connectivity index (χ2v) is 6.93. The van der Waals surface area contributed by atoms with Gasteiger partial charge in [0.1, 0.15) is 15.7 Å². The minimum Gasteiger partial charge on any atom is -0.399 e. The van der Waals surface area contributed by atoms with Crippen LogP contribution in [0.25, 0.3) is 10.9 Å². The largest absolute Gasteiger partial charge is 0.399 e. The maximum absolute atomic E-state index is 11.2. The molecule has 2 N–H and O–H groups in total. The van der Waals surface area contributed by atoms with E-state index in [9.17, 15) is 8.42 Å². The number of hydrogen-bond donors (Lipinski definition) is 1. The van der Waals surface area contributed by atoms with Gasteiger partial charge < -0.3 is 10.6 Å². The molecule has 0 unspecified atom stereocenters. The fourth-order valence-electron chi connectivity index (χ4n) is 1.76. The van der Waals surface area contributed by atoms with Gasteiger partial charge in [0.2, 0.25) is 0 Å². The first-order valence-electron chi connectivity index (χ1n) is 5.90. The van der Waals surface area contributed by atoms with E-state index in [4.69, 9.17) is 5.73 Å². The molecule has 1 aromatic carbocycles. The number of hydrogen-bond acceptors (Lipinski definition) is 5. The Labute approximate surface area is 113 Å². The predicted octanol–water partition coefficient (Wildman–Crippen LogP) is 1.30. The average Bonchev–Trinajstić information content (AvgIpc) is 2.34. The highest BCUT2D eigenvalue weighted by Crippen LogP contribution is 2.19. The van der Waals surface area contributed by atoms with Crippen LogP contribution in [0.3, 0.4) is 0 Å². The van der Waals surface area contributed by atoms with Crippen molar-refractivity contribution in [1.29, 1.82) is 0 Å². The van der Waals surface area contributed by atoms with E-state index in [0.29, 0.717) is 12.2 Å². The number of fused-ring (bicyclic) bond motifs is 1. The van der Waals surface area contributed by atoms with Crippen molar-refractivity contribution < 1.29 is 8.42 Å². The first-order valence-corrected chi connectivity index (χ1v) is 7.96. The molecule has 6 heteroatoms. The summed E-state index contributed by atoms with van der Waals surface area (Å²) in [6.07, 6.45) is 1.23. The molecule has 1 heterocycles. The Kier molecular flexibility index (Phi) is 3.61. The van der Waals surface area contributed by atoms with Crippen LogP contribution in [0.5, 0.6) is 0 Å². The molecule has 0 amide bonds. The quantitative estimate of drug-likeness (QED) is 0.854. The maximum atomic E-state index is 11.2. The van der Waals surface area contributed by atoms with Gasteiger partial charge in [0.05, 0.1) is 11.3 Å². The predicted molar refractivity (Wildman–Crippen MR) is 79.1 cm³/mol. The first kappa shape index (κ1) is 13.6. The van der Waals surface area contributed by atoms with Crippen molar-refractivity contribution in [3.8, 4) is 0 Å². The van der Waals surface area contributed by atoms with E-state index >= 15 is 0 Å². The van der Waals surface area contributed by atoms with Crippen molar-refractivity contribution in [2.24, 2.45) is 0 Å². The Balaban J connectivity index is 2.23. The lowest BCUT2D eigenvalue weighted by atomic mass is 10.2. The molecule has 0 aliphatic carbocycles. The molecule has 2 aromatic rings. The van der Waals surface area contributed by atoms with Crippen LogP contribution in [-0.2, 0) is 9.84 Å². The lowest BCUT2D eigenvalue weighted by Gasteiger charge is -2.18. The van der Waals surface area contributed by atoms with Crippen LogP contribution in [0, 0.1) is 0 Å². The summed E-state index contributed by atoms with van der Waals surface area (Å²) >= 11 is 0. The van der Waals surface area contributed by atoms with Crippen molar-refractivity contribution in [3.63, 3.8) is 0 Å². The SMILES string of the molecule is CN(CCS(C)(=O)=O)c1ccc2cc(N)ccc2n1. The number of benzene rings is 1. The molecular formula is C13H17N3O2S. The summed E-state index contributed by atoms with van der Waals surface area (Å²) in [6.45, 7) is 0.423. The maximum Gasteiger partial charge on any atom is 0.149 e. The highest BCUT2D eigenvalue weighted by atomic mass is 32.2. The van der Waals surface area contributed by atoms with Crippen LogP contribution in [0.1, 0.15) is 0 Å². The Bertz CT molecular complexity index is 698. The third-order valence-electron chi connectivity index (χ3n) is 2.89. The topological polar surface area (TPSA) is 76.3 Å². The second kappa shape index (κ2) is 5.05. The molecule has 0 fully saturated rings. The molecule has 0 saturated heterocycles. The van der Waals surface area contributed by atoms with E-state index in [1.807, 2.05) is 36.2 Å². The van der Waals surface area contributed by atoms with Crippen LogP contribution in [0.2, 0.25) is 0 Å². The number of aromatic nitrogens is 1. The van der Waals surface area contributed by atoms with Crippen molar-refractivity contribution in [3.05, 3.63) is 30.3 Å². The molecule has 19 heavy (non-hydrogen) atoms. The molecule has 0 spiro atoms. The van der Waals surface area contributed by atoms with Crippen molar-refractivity contribution in [2.45, 2.75) is 0 Å². The zero-order chi connectivity index (χ0) is 14.0. The number of nitrogens with zero attached hydrogens (tertiary/aromatic N) is 2. The second-order valence-electron chi connectivity index (χ2n) is 4.67. The number of pyridine rings is 1. The van der Waals surface area contributed by atoms with Crippen LogP contribution < -0.4 is 10.6 Å². The van der Waals surface area contributed by atoms with Gasteiger partial charge in [-0.25, -0.2) is 13.4 Å². The van der Waals surface area contributed by atoms with Crippen molar-refractivity contribution in [1.82, 2.24) is 4.98 Å². The number of sulfone groups is 1. The van der Waals surface area contributed by atoms with E-state index in [-0.39, 0.29) is 5.75 Å². The molecule has 0 radical (unpaired) electrons. The Morgan fingerprint density at radius 2 is 2.00 bits per heavy atom. The molecular weight excluding hydrogens is 262 g/mol. The summed E-state index contributed by atoms with van der Waals surface area (Å²) in [5, 5.41) is 0.972. The Morgan fingerprint density at radius 3 is 2.68 bits per heavy atom. The lowest BCUT2D eigenvalue weighted by molar-refractivity contribution is 0.601. The van der Waals surface area contributed by atoms with Gasteiger partial charge in [0.15, 0.2) is 0 Å². The molecule has 102 valence electrons. The normalized spacial score (nSPS) is 11.7. The van der Waals surface area contributed by atoms with Gasteiger partial charge in [-0.15, -0.1) is 0 Å². The first-order chi connectivity index (χ1) is 8.85. The summed E-state index contributed by atoms with van der Waals surface area (Å²) in [5.41, 5.74) is 7.26. The minimum atomic E-state index is -2.96. The number of nitrogens with two attached hydrogens (primary N) is 1. The van der Waals surface area contributed by atoms with Crippen molar-refractivity contribution >= 4 is 32.2 Å². The van der Waals surface area contributed by atoms with Crippen molar-refractivity contribution in [2.75, 3.05) is 36.2 Å².